The van der Waals surface area contributed by atoms with Gasteiger partial charge in [0, 0.05) is 28.0 Å². The Kier molecular flexibility index (Phi) is 7.85. The van der Waals surface area contributed by atoms with Crippen molar-refractivity contribution in [2.45, 2.75) is 0 Å². The van der Waals surface area contributed by atoms with Gasteiger partial charge in [0.1, 0.15) is 11.3 Å². The van der Waals surface area contributed by atoms with Crippen LogP contribution in [-0.4, -0.2) is 0 Å². The molecule has 0 spiro atoms. The fraction of sp³-hybridized carbons (Fsp3) is 0. The Hall–Kier alpha value is -7.16. The lowest BCUT2D eigenvalue weighted by atomic mass is 9.97. The van der Waals surface area contributed by atoms with Gasteiger partial charge in [-0.3, -0.25) is 0 Å². The molecule has 0 aliphatic rings. The van der Waals surface area contributed by atoms with E-state index in [1.165, 1.54) is 43.8 Å². The van der Waals surface area contributed by atoms with Crippen molar-refractivity contribution in [1.29, 1.82) is 0 Å². The molecule has 0 unspecified atom stereocenters. The van der Waals surface area contributed by atoms with E-state index in [1.807, 2.05) is 18.2 Å². The van der Waals surface area contributed by atoms with Gasteiger partial charge >= 0.3 is 0 Å². The molecular formula is C52H35NO. The van der Waals surface area contributed by atoms with E-state index in [0.29, 0.717) is 0 Å². The summed E-state index contributed by atoms with van der Waals surface area (Å²) in [7, 11) is 0. The maximum absolute atomic E-state index is 6.32. The van der Waals surface area contributed by atoms with Crippen molar-refractivity contribution in [3.05, 3.63) is 212 Å². The number of anilines is 3. The summed E-state index contributed by atoms with van der Waals surface area (Å²) in [4.78, 5) is 2.35. The Bertz CT molecular complexity index is 2890. The molecule has 254 valence electrons. The summed E-state index contributed by atoms with van der Waals surface area (Å²) in [6.07, 6.45) is 0. The molecule has 1 heterocycles. The van der Waals surface area contributed by atoms with E-state index in [0.717, 1.165) is 50.5 Å². The molecular weight excluding hydrogens is 655 g/mol. The zero-order valence-corrected chi connectivity index (χ0v) is 29.6. The molecule has 0 atom stereocenters. The molecule has 0 aliphatic carbocycles. The summed E-state index contributed by atoms with van der Waals surface area (Å²) in [5.41, 5.74) is 12.3. The Morgan fingerprint density at radius 2 is 0.852 bits per heavy atom. The van der Waals surface area contributed by atoms with Gasteiger partial charge < -0.3 is 9.32 Å². The molecule has 9 aromatic carbocycles. The van der Waals surface area contributed by atoms with E-state index >= 15 is 0 Å². The maximum Gasteiger partial charge on any atom is 0.136 e. The number of benzene rings is 9. The quantitative estimate of drug-likeness (QED) is 0.155. The largest absolute Gasteiger partial charge is 0.456 e. The number of rotatable bonds is 7. The maximum atomic E-state index is 6.32. The standard InChI is InChI=1S/C52H35NO/c1-2-11-36(12-3-1)40-15-10-16-41(33-40)37-23-27-44(28-24-37)53(46-31-32-49-42(34-46)22-21-38-13-4-6-17-47(38)49)45-29-25-39(26-30-45)48-18-7-8-19-50(48)52-35-43-14-5-9-20-51(43)54-52/h1-35H. The summed E-state index contributed by atoms with van der Waals surface area (Å²) < 4.78 is 6.32. The van der Waals surface area contributed by atoms with Gasteiger partial charge in [-0.2, -0.15) is 0 Å². The second-order valence-corrected chi connectivity index (χ2v) is 13.8. The third kappa shape index (κ3) is 5.81. The van der Waals surface area contributed by atoms with Gasteiger partial charge in [-0.05, 0) is 110 Å². The minimum Gasteiger partial charge on any atom is -0.456 e. The van der Waals surface area contributed by atoms with Crippen LogP contribution in [0.25, 0.3) is 77.2 Å². The summed E-state index contributed by atoms with van der Waals surface area (Å²) in [5, 5.41) is 6.08. The van der Waals surface area contributed by atoms with Crippen LogP contribution in [0.2, 0.25) is 0 Å². The first kappa shape index (κ1) is 31.6. The number of nitrogens with zero attached hydrogens (tertiary/aromatic N) is 1. The highest BCUT2D eigenvalue weighted by atomic mass is 16.3. The fourth-order valence-corrected chi connectivity index (χ4v) is 7.75. The monoisotopic (exact) mass is 689 g/mol. The van der Waals surface area contributed by atoms with Crippen LogP contribution in [0.3, 0.4) is 0 Å². The smallest absolute Gasteiger partial charge is 0.136 e. The topological polar surface area (TPSA) is 16.4 Å². The first-order valence-corrected chi connectivity index (χ1v) is 18.4. The van der Waals surface area contributed by atoms with Gasteiger partial charge in [-0.1, -0.05) is 158 Å². The van der Waals surface area contributed by atoms with Gasteiger partial charge in [0.25, 0.3) is 0 Å². The number of hydrogen-bond donors (Lipinski definition) is 0. The molecule has 10 aromatic rings. The summed E-state index contributed by atoms with van der Waals surface area (Å²) in [5.74, 6) is 0.871. The molecule has 0 N–H and O–H groups in total. The molecule has 0 saturated heterocycles. The zero-order chi connectivity index (χ0) is 35.8. The van der Waals surface area contributed by atoms with Crippen LogP contribution in [0.1, 0.15) is 0 Å². The molecule has 0 fully saturated rings. The van der Waals surface area contributed by atoms with E-state index in [-0.39, 0.29) is 0 Å². The summed E-state index contributed by atoms with van der Waals surface area (Å²) in [6, 6.07) is 75.9. The van der Waals surface area contributed by atoms with Crippen molar-refractivity contribution >= 4 is 49.6 Å². The molecule has 2 heteroatoms. The van der Waals surface area contributed by atoms with Crippen molar-refractivity contribution in [1.82, 2.24) is 0 Å². The first-order valence-electron chi connectivity index (χ1n) is 18.4. The average Bonchev–Trinajstić information content (AvgIpc) is 3.69. The third-order valence-corrected chi connectivity index (χ3v) is 10.5. The molecule has 2 nitrogen and oxygen atoms in total. The second-order valence-electron chi connectivity index (χ2n) is 13.8. The van der Waals surface area contributed by atoms with Gasteiger partial charge in [0.15, 0.2) is 0 Å². The molecule has 0 saturated carbocycles. The van der Waals surface area contributed by atoms with Crippen molar-refractivity contribution in [2.24, 2.45) is 0 Å². The van der Waals surface area contributed by atoms with Gasteiger partial charge in [0.2, 0.25) is 0 Å². The van der Waals surface area contributed by atoms with Crippen molar-refractivity contribution < 1.29 is 4.42 Å². The first-order chi connectivity index (χ1) is 26.7. The van der Waals surface area contributed by atoms with E-state index in [4.69, 9.17) is 4.42 Å². The van der Waals surface area contributed by atoms with Crippen LogP contribution in [0.15, 0.2) is 217 Å². The molecule has 0 radical (unpaired) electrons. The van der Waals surface area contributed by atoms with E-state index in [9.17, 15) is 0 Å². The Labute approximate surface area is 314 Å². The van der Waals surface area contributed by atoms with Gasteiger partial charge in [0.05, 0.1) is 0 Å². The van der Waals surface area contributed by atoms with Crippen LogP contribution in [0, 0.1) is 0 Å². The molecule has 10 rings (SSSR count). The van der Waals surface area contributed by atoms with Crippen LogP contribution in [-0.2, 0) is 0 Å². The predicted molar refractivity (Wildman–Crippen MR) is 228 cm³/mol. The number of fused-ring (bicyclic) bond motifs is 4. The highest BCUT2D eigenvalue weighted by molar-refractivity contribution is 6.08. The number of para-hydroxylation sites is 1. The summed E-state index contributed by atoms with van der Waals surface area (Å²) in [6.45, 7) is 0. The van der Waals surface area contributed by atoms with Crippen molar-refractivity contribution in [3.8, 4) is 44.7 Å². The van der Waals surface area contributed by atoms with E-state index in [2.05, 4.69) is 199 Å². The molecule has 0 bridgehead atoms. The normalized spacial score (nSPS) is 11.3. The fourth-order valence-electron chi connectivity index (χ4n) is 7.75. The van der Waals surface area contributed by atoms with E-state index in [1.54, 1.807) is 0 Å². The lowest BCUT2D eigenvalue weighted by Gasteiger charge is -2.26. The van der Waals surface area contributed by atoms with Crippen LogP contribution in [0.5, 0.6) is 0 Å². The number of hydrogen-bond acceptors (Lipinski definition) is 2. The van der Waals surface area contributed by atoms with Crippen LogP contribution in [0.4, 0.5) is 17.1 Å². The highest BCUT2D eigenvalue weighted by Crippen LogP contribution is 2.41. The lowest BCUT2D eigenvalue weighted by molar-refractivity contribution is 0.632. The van der Waals surface area contributed by atoms with Crippen LogP contribution < -0.4 is 4.90 Å². The Morgan fingerprint density at radius 1 is 0.296 bits per heavy atom. The molecule has 54 heavy (non-hydrogen) atoms. The van der Waals surface area contributed by atoms with Crippen molar-refractivity contribution in [3.63, 3.8) is 0 Å². The zero-order valence-electron chi connectivity index (χ0n) is 29.6. The third-order valence-electron chi connectivity index (χ3n) is 10.5. The summed E-state index contributed by atoms with van der Waals surface area (Å²) >= 11 is 0. The molecule has 0 aliphatic heterocycles. The minimum absolute atomic E-state index is 0.871. The second kappa shape index (κ2) is 13.4. The highest BCUT2D eigenvalue weighted by Gasteiger charge is 2.17. The molecule has 1 aromatic heterocycles. The minimum atomic E-state index is 0.871. The lowest BCUT2D eigenvalue weighted by Crippen LogP contribution is -2.09. The predicted octanol–water partition coefficient (Wildman–Crippen LogP) is 14.9. The Balaban J connectivity index is 1.05. The molecule has 0 amide bonds. The van der Waals surface area contributed by atoms with E-state index < -0.39 is 0 Å². The Morgan fingerprint density at radius 3 is 1.61 bits per heavy atom. The SMILES string of the molecule is c1ccc(-c2cccc(-c3ccc(N(c4ccc(-c5ccccc5-c5cc6ccccc6o5)cc4)c4ccc5c(ccc6ccccc65)c4)cc3)c2)cc1. The number of furan rings is 1. The average molecular weight is 690 g/mol. The van der Waals surface area contributed by atoms with Crippen molar-refractivity contribution in [2.75, 3.05) is 4.90 Å². The van der Waals surface area contributed by atoms with Gasteiger partial charge in [-0.15, -0.1) is 0 Å². The van der Waals surface area contributed by atoms with Gasteiger partial charge in [-0.25, -0.2) is 0 Å². The van der Waals surface area contributed by atoms with Crippen LogP contribution >= 0.6 is 0 Å².